The summed E-state index contributed by atoms with van der Waals surface area (Å²) < 4.78 is 0. The molecule has 0 atom stereocenters. The second-order valence-electron chi connectivity index (χ2n) is 3.79. The fraction of sp³-hybridized carbons (Fsp3) is 0.545. The topological polar surface area (TPSA) is 54.2 Å². The van der Waals surface area contributed by atoms with E-state index in [0.717, 1.165) is 36.6 Å². The fourth-order valence-electron chi connectivity index (χ4n) is 1.59. The van der Waals surface area contributed by atoms with Gasteiger partial charge in [0.25, 0.3) is 0 Å². The standard InChI is InChI=1S/C11H20N4/c1-9-7-10(12)8-14-11(9)15(3)6-4-5-13-2/h7-8,13H,4-6,12H2,1-3H3. The molecule has 1 rings (SSSR count). The molecule has 0 radical (unpaired) electrons. The van der Waals surface area contributed by atoms with Crippen molar-refractivity contribution in [3.63, 3.8) is 0 Å². The maximum atomic E-state index is 5.66. The van der Waals surface area contributed by atoms with Crippen LogP contribution in [-0.2, 0) is 0 Å². The monoisotopic (exact) mass is 208 g/mol. The highest BCUT2D eigenvalue weighted by molar-refractivity contribution is 5.52. The molecular formula is C11H20N4. The maximum absolute atomic E-state index is 5.66. The van der Waals surface area contributed by atoms with Gasteiger partial charge in [-0.1, -0.05) is 0 Å². The van der Waals surface area contributed by atoms with Crippen LogP contribution in [0.25, 0.3) is 0 Å². The van der Waals surface area contributed by atoms with Crippen LogP contribution in [0.3, 0.4) is 0 Å². The van der Waals surface area contributed by atoms with E-state index in [1.807, 2.05) is 20.0 Å². The van der Waals surface area contributed by atoms with Crippen LogP contribution < -0.4 is 16.0 Å². The van der Waals surface area contributed by atoms with Crippen LogP contribution >= 0.6 is 0 Å². The predicted octanol–water partition coefficient (Wildman–Crippen LogP) is 1.02. The van der Waals surface area contributed by atoms with Crippen molar-refractivity contribution in [2.75, 3.05) is 37.8 Å². The number of aryl methyl sites for hydroxylation is 1. The largest absolute Gasteiger partial charge is 0.397 e. The van der Waals surface area contributed by atoms with E-state index in [9.17, 15) is 0 Å². The van der Waals surface area contributed by atoms with E-state index in [0.29, 0.717) is 0 Å². The van der Waals surface area contributed by atoms with Crippen LogP contribution in [0.4, 0.5) is 11.5 Å². The zero-order valence-corrected chi connectivity index (χ0v) is 9.75. The molecule has 4 heteroatoms. The summed E-state index contributed by atoms with van der Waals surface area (Å²) in [4.78, 5) is 6.50. The number of pyridine rings is 1. The minimum atomic E-state index is 0.722. The number of aromatic nitrogens is 1. The summed E-state index contributed by atoms with van der Waals surface area (Å²) in [7, 11) is 4.02. The Bertz CT molecular complexity index is 311. The van der Waals surface area contributed by atoms with Crippen LogP contribution in [0.1, 0.15) is 12.0 Å². The van der Waals surface area contributed by atoms with Crippen LogP contribution in [0.15, 0.2) is 12.3 Å². The Kier molecular flexibility index (Phi) is 4.37. The Hall–Kier alpha value is -1.29. The minimum absolute atomic E-state index is 0.722. The van der Waals surface area contributed by atoms with Gasteiger partial charge in [0.15, 0.2) is 0 Å². The minimum Gasteiger partial charge on any atom is -0.397 e. The summed E-state index contributed by atoms with van der Waals surface area (Å²) in [6, 6.07) is 1.96. The molecule has 0 saturated heterocycles. The smallest absolute Gasteiger partial charge is 0.131 e. The zero-order valence-electron chi connectivity index (χ0n) is 9.75. The number of nitrogens with two attached hydrogens (primary N) is 1. The number of nitrogens with one attached hydrogen (secondary N) is 1. The molecule has 0 fully saturated rings. The molecule has 0 amide bonds. The first kappa shape index (κ1) is 11.8. The third-order valence-electron chi connectivity index (χ3n) is 2.35. The van der Waals surface area contributed by atoms with Crippen molar-refractivity contribution < 1.29 is 0 Å². The van der Waals surface area contributed by atoms with E-state index >= 15 is 0 Å². The molecule has 0 aliphatic carbocycles. The van der Waals surface area contributed by atoms with E-state index < -0.39 is 0 Å². The number of nitrogens with zero attached hydrogens (tertiary/aromatic N) is 2. The lowest BCUT2D eigenvalue weighted by atomic mass is 10.2. The van der Waals surface area contributed by atoms with Crippen LogP contribution in [0, 0.1) is 6.92 Å². The molecule has 0 unspecified atom stereocenters. The molecule has 0 aromatic carbocycles. The van der Waals surface area contributed by atoms with Crippen molar-refractivity contribution in [3.8, 4) is 0 Å². The lowest BCUT2D eigenvalue weighted by molar-refractivity contribution is 0.708. The highest BCUT2D eigenvalue weighted by atomic mass is 15.2. The molecule has 84 valence electrons. The zero-order chi connectivity index (χ0) is 11.3. The molecule has 0 aliphatic rings. The quantitative estimate of drug-likeness (QED) is 0.709. The molecule has 4 nitrogen and oxygen atoms in total. The average molecular weight is 208 g/mol. The predicted molar refractivity (Wildman–Crippen MR) is 65.2 cm³/mol. The lowest BCUT2D eigenvalue weighted by Gasteiger charge is -2.20. The van der Waals surface area contributed by atoms with Gasteiger partial charge in [0.1, 0.15) is 5.82 Å². The molecular weight excluding hydrogens is 188 g/mol. The van der Waals surface area contributed by atoms with E-state index in [2.05, 4.69) is 22.2 Å². The van der Waals surface area contributed by atoms with Gasteiger partial charge in [0.05, 0.1) is 11.9 Å². The Balaban J connectivity index is 2.61. The summed E-state index contributed by atoms with van der Waals surface area (Å²) in [5.74, 6) is 1.01. The number of rotatable bonds is 5. The molecule has 0 saturated carbocycles. The van der Waals surface area contributed by atoms with Gasteiger partial charge in [-0.15, -0.1) is 0 Å². The highest BCUT2D eigenvalue weighted by Crippen LogP contribution is 2.17. The summed E-state index contributed by atoms with van der Waals surface area (Å²) in [6.07, 6.45) is 2.81. The van der Waals surface area contributed by atoms with Crippen molar-refractivity contribution in [3.05, 3.63) is 17.8 Å². The van der Waals surface area contributed by atoms with Crippen molar-refractivity contribution in [2.45, 2.75) is 13.3 Å². The van der Waals surface area contributed by atoms with Crippen LogP contribution in [0.2, 0.25) is 0 Å². The summed E-state index contributed by atoms with van der Waals surface area (Å²) in [6.45, 7) is 4.06. The molecule has 15 heavy (non-hydrogen) atoms. The summed E-state index contributed by atoms with van der Waals surface area (Å²) in [5, 5.41) is 3.13. The maximum Gasteiger partial charge on any atom is 0.131 e. The van der Waals surface area contributed by atoms with Gasteiger partial charge in [0, 0.05) is 13.6 Å². The second-order valence-corrected chi connectivity index (χ2v) is 3.79. The number of nitrogen functional groups attached to an aromatic ring is 1. The Morgan fingerprint density at radius 2 is 2.27 bits per heavy atom. The van der Waals surface area contributed by atoms with Crippen LogP contribution in [0.5, 0.6) is 0 Å². The lowest BCUT2D eigenvalue weighted by Crippen LogP contribution is -2.23. The van der Waals surface area contributed by atoms with Gasteiger partial charge in [-0.05, 0) is 38.6 Å². The summed E-state index contributed by atoms with van der Waals surface area (Å²) in [5.41, 5.74) is 7.51. The molecule has 0 aliphatic heterocycles. The van der Waals surface area contributed by atoms with Gasteiger partial charge in [-0.3, -0.25) is 0 Å². The molecule has 3 N–H and O–H groups in total. The van der Waals surface area contributed by atoms with Crippen molar-refractivity contribution >= 4 is 11.5 Å². The third kappa shape index (κ3) is 3.40. The number of hydrogen-bond donors (Lipinski definition) is 2. The van der Waals surface area contributed by atoms with E-state index in [1.54, 1.807) is 6.20 Å². The normalized spacial score (nSPS) is 10.3. The number of hydrogen-bond acceptors (Lipinski definition) is 4. The van der Waals surface area contributed by atoms with Gasteiger partial charge >= 0.3 is 0 Å². The first-order chi connectivity index (χ1) is 7.15. The number of anilines is 2. The van der Waals surface area contributed by atoms with E-state index in [-0.39, 0.29) is 0 Å². The Labute approximate surface area is 91.5 Å². The molecule has 0 bridgehead atoms. The van der Waals surface area contributed by atoms with Gasteiger partial charge in [-0.25, -0.2) is 4.98 Å². The molecule has 1 aromatic rings. The van der Waals surface area contributed by atoms with Gasteiger partial charge < -0.3 is 16.0 Å². The SMILES string of the molecule is CNCCCN(C)c1ncc(N)cc1C. The molecule has 1 aromatic heterocycles. The highest BCUT2D eigenvalue weighted by Gasteiger charge is 2.05. The summed E-state index contributed by atoms with van der Waals surface area (Å²) >= 11 is 0. The Morgan fingerprint density at radius 3 is 2.87 bits per heavy atom. The van der Waals surface area contributed by atoms with Crippen molar-refractivity contribution in [1.29, 1.82) is 0 Å². The third-order valence-corrected chi connectivity index (χ3v) is 2.35. The Morgan fingerprint density at radius 1 is 1.53 bits per heavy atom. The fourth-order valence-corrected chi connectivity index (χ4v) is 1.59. The van der Waals surface area contributed by atoms with E-state index in [4.69, 9.17) is 5.73 Å². The second kappa shape index (κ2) is 5.56. The molecule has 0 spiro atoms. The van der Waals surface area contributed by atoms with Crippen molar-refractivity contribution in [2.24, 2.45) is 0 Å². The van der Waals surface area contributed by atoms with Crippen molar-refractivity contribution in [1.82, 2.24) is 10.3 Å². The van der Waals surface area contributed by atoms with Gasteiger partial charge in [0.2, 0.25) is 0 Å². The molecule has 1 heterocycles. The average Bonchev–Trinajstić information content (AvgIpc) is 2.17. The van der Waals surface area contributed by atoms with Crippen LogP contribution in [-0.4, -0.2) is 32.2 Å². The van der Waals surface area contributed by atoms with Gasteiger partial charge in [-0.2, -0.15) is 0 Å². The first-order valence-corrected chi connectivity index (χ1v) is 5.23. The first-order valence-electron chi connectivity index (χ1n) is 5.23. The van der Waals surface area contributed by atoms with E-state index in [1.165, 1.54) is 0 Å².